The molecule has 0 fully saturated rings. The second kappa shape index (κ2) is 4.89. The molecule has 0 aliphatic carbocycles. The summed E-state index contributed by atoms with van der Waals surface area (Å²) in [5.74, 6) is 0.934. The number of thiophene rings is 1. The number of rotatable bonds is 3. The number of carbonyl (C=O) groups is 1. The SMILES string of the molecule is CCc1nc2[nH]c(=O)cc(NC(=O)c3cccs3)n2n1. The third-order valence-corrected chi connectivity index (χ3v) is 3.55. The minimum Gasteiger partial charge on any atom is -0.306 e. The molecule has 0 radical (unpaired) electrons. The van der Waals surface area contributed by atoms with Crippen LogP contribution < -0.4 is 10.9 Å². The Bertz CT molecular complexity index is 818. The van der Waals surface area contributed by atoms with Gasteiger partial charge in [0.05, 0.1) is 4.88 Å². The second-order valence-electron chi connectivity index (χ2n) is 4.07. The Balaban J connectivity index is 2.04. The molecule has 1 amide bonds. The van der Waals surface area contributed by atoms with Gasteiger partial charge in [-0.1, -0.05) is 13.0 Å². The Labute approximate surface area is 117 Å². The average Bonchev–Trinajstić information content (AvgIpc) is 3.07. The summed E-state index contributed by atoms with van der Waals surface area (Å²) >= 11 is 1.33. The zero-order valence-electron chi connectivity index (χ0n) is 10.6. The predicted octanol–water partition coefficient (Wildman–Crippen LogP) is 1.29. The molecule has 3 rings (SSSR count). The van der Waals surface area contributed by atoms with Gasteiger partial charge in [0.25, 0.3) is 11.5 Å². The summed E-state index contributed by atoms with van der Waals surface area (Å²) in [6, 6.07) is 4.79. The number of aromatic amines is 1. The number of amides is 1. The molecule has 0 aromatic carbocycles. The predicted molar refractivity (Wildman–Crippen MR) is 75.3 cm³/mol. The summed E-state index contributed by atoms with van der Waals surface area (Å²) in [7, 11) is 0. The molecule has 0 bridgehead atoms. The molecule has 0 unspecified atom stereocenters. The van der Waals surface area contributed by atoms with Crippen molar-refractivity contribution in [1.82, 2.24) is 19.6 Å². The average molecular weight is 289 g/mol. The molecule has 0 atom stereocenters. The summed E-state index contributed by atoms with van der Waals surface area (Å²) < 4.78 is 1.42. The van der Waals surface area contributed by atoms with E-state index in [-0.39, 0.29) is 11.5 Å². The maximum atomic E-state index is 12.0. The maximum absolute atomic E-state index is 12.0. The van der Waals surface area contributed by atoms with Crippen LogP contribution in [0.25, 0.3) is 5.78 Å². The number of carbonyl (C=O) groups excluding carboxylic acids is 1. The second-order valence-corrected chi connectivity index (χ2v) is 5.01. The number of nitrogens with one attached hydrogen (secondary N) is 2. The number of anilines is 1. The van der Waals surface area contributed by atoms with Crippen LogP contribution in [0.15, 0.2) is 28.4 Å². The Morgan fingerprint density at radius 1 is 1.55 bits per heavy atom. The molecule has 7 nitrogen and oxygen atoms in total. The molecule has 8 heteroatoms. The molecule has 0 spiro atoms. The lowest BCUT2D eigenvalue weighted by Gasteiger charge is -2.04. The molecule has 102 valence electrons. The standard InChI is InChI=1S/C12H11N5O2S/c1-2-8-13-12-15-10(18)6-9(17(12)16-8)14-11(19)7-4-3-5-20-7/h3-6H,2H2,1H3,(H,14,19)(H,13,15,16,18). The molecule has 3 heterocycles. The minimum atomic E-state index is -0.339. The van der Waals surface area contributed by atoms with E-state index in [2.05, 4.69) is 20.4 Å². The molecule has 0 saturated carbocycles. The summed E-state index contributed by atoms with van der Waals surface area (Å²) in [5.41, 5.74) is -0.339. The van der Waals surface area contributed by atoms with Crippen molar-refractivity contribution >= 4 is 28.8 Å². The van der Waals surface area contributed by atoms with Gasteiger partial charge >= 0.3 is 0 Å². The topological polar surface area (TPSA) is 92.1 Å². The van der Waals surface area contributed by atoms with Crippen LogP contribution in [0.1, 0.15) is 22.4 Å². The van der Waals surface area contributed by atoms with Gasteiger partial charge in [0.15, 0.2) is 5.82 Å². The van der Waals surface area contributed by atoms with Crippen molar-refractivity contribution in [2.45, 2.75) is 13.3 Å². The van der Waals surface area contributed by atoms with Crippen LogP contribution in [0.5, 0.6) is 0 Å². The molecule has 3 aromatic rings. The van der Waals surface area contributed by atoms with Crippen molar-refractivity contribution in [3.8, 4) is 0 Å². The van der Waals surface area contributed by atoms with Gasteiger partial charge in [0.1, 0.15) is 5.82 Å². The summed E-state index contributed by atoms with van der Waals surface area (Å²) in [6.07, 6.45) is 0.641. The Morgan fingerprint density at radius 2 is 2.40 bits per heavy atom. The lowest BCUT2D eigenvalue weighted by molar-refractivity contribution is 0.103. The van der Waals surface area contributed by atoms with Gasteiger partial charge in [-0.05, 0) is 11.4 Å². The summed E-state index contributed by atoms with van der Waals surface area (Å²) in [5, 5.41) is 8.72. The fourth-order valence-electron chi connectivity index (χ4n) is 1.76. The number of aromatic nitrogens is 4. The third kappa shape index (κ3) is 2.21. The zero-order valence-corrected chi connectivity index (χ0v) is 11.4. The maximum Gasteiger partial charge on any atom is 0.266 e. The Kier molecular flexibility index (Phi) is 3.07. The zero-order chi connectivity index (χ0) is 14.1. The number of hydrogen-bond donors (Lipinski definition) is 2. The number of H-pyrrole nitrogens is 1. The highest BCUT2D eigenvalue weighted by atomic mass is 32.1. The van der Waals surface area contributed by atoms with E-state index in [1.165, 1.54) is 21.9 Å². The Hall–Kier alpha value is -2.48. The quantitative estimate of drug-likeness (QED) is 0.760. The van der Waals surface area contributed by atoms with E-state index in [1.54, 1.807) is 12.1 Å². The van der Waals surface area contributed by atoms with Crippen LogP contribution in [0, 0.1) is 0 Å². The molecule has 3 aromatic heterocycles. The van der Waals surface area contributed by atoms with E-state index in [0.29, 0.717) is 28.7 Å². The van der Waals surface area contributed by atoms with Gasteiger partial charge in [0.2, 0.25) is 5.78 Å². The molecule has 0 aliphatic heterocycles. The molecule has 20 heavy (non-hydrogen) atoms. The van der Waals surface area contributed by atoms with E-state index >= 15 is 0 Å². The first kappa shape index (κ1) is 12.5. The smallest absolute Gasteiger partial charge is 0.266 e. The third-order valence-electron chi connectivity index (χ3n) is 2.68. The van der Waals surface area contributed by atoms with Gasteiger partial charge < -0.3 is 5.32 Å². The minimum absolute atomic E-state index is 0.277. The lowest BCUT2D eigenvalue weighted by Crippen LogP contribution is -2.18. The number of hydrogen-bond acceptors (Lipinski definition) is 5. The van der Waals surface area contributed by atoms with Crippen LogP contribution >= 0.6 is 11.3 Å². The molecule has 0 aliphatic rings. The van der Waals surface area contributed by atoms with Gasteiger partial charge in [-0.3, -0.25) is 14.6 Å². The van der Waals surface area contributed by atoms with Crippen LogP contribution in [0.4, 0.5) is 5.82 Å². The van der Waals surface area contributed by atoms with E-state index < -0.39 is 0 Å². The van der Waals surface area contributed by atoms with Crippen LogP contribution in [-0.2, 0) is 6.42 Å². The highest BCUT2D eigenvalue weighted by molar-refractivity contribution is 7.12. The van der Waals surface area contributed by atoms with E-state index in [1.807, 2.05) is 12.3 Å². The van der Waals surface area contributed by atoms with Crippen LogP contribution in [-0.4, -0.2) is 25.5 Å². The fourth-order valence-corrected chi connectivity index (χ4v) is 2.38. The first-order valence-electron chi connectivity index (χ1n) is 6.01. The Morgan fingerprint density at radius 3 is 3.10 bits per heavy atom. The fraction of sp³-hybridized carbons (Fsp3) is 0.167. The summed E-state index contributed by atoms with van der Waals surface area (Å²) in [6.45, 7) is 1.91. The number of aryl methyl sites for hydroxylation is 1. The van der Waals surface area contributed by atoms with E-state index in [0.717, 1.165) is 0 Å². The monoisotopic (exact) mass is 289 g/mol. The molecular formula is C12H11N5O2S. The van der Waals surface area contributed by atoms with Gasteiger partial charge in [-0.2, -0.15) is 9.50 Å². The van der Waals surface area contributed by atoms with Crippen molar-refractivity contribution in [1.29, 1.82) is 0 Å². The van der Waals surface area contributed by atoms with Crippen molar-refractivity contribution in [3.05, 3.63) is 44.6 Å². The highest BCUT2D eigenvalue weighted by Gasteiger charge is 2.12. The van der Waals surface area contributed by atoms with Crippen molar-refractivity contribution in [2.75, 3.05) is 5.32 Å². The first-order valence-corrected chi connectivity index (χ1v) is 6.89. The first-order chi connectivity index (χ1) is 9.67. The highest BCUT2D eigenvalue weighted by Crippen LogP contribution is 2.12. The lowest BCUT2D eigenvalue weighted by atomic mass is 10.4. The van der Waals surface area contributed by atoms with E-state index in [4.69, 9.17) is 0 Å². The number of nitrogens with zero attached hydrogens (tertiary/aromatic N) is 3. The van der Waals surface area contributed by atoms with Crippen LogP contribution in [0.2, 0.25) is 0 Å². The largest absolute Gasteiger partial charge is 0.306 e. The van der Waals surface area contributed by atoms with Crippen molar-refractivity contribution in [3.63, 3.8) is 0 Å². The molecular weight excluding hydrogens is 278 g/mol. The number of fused-ring (bicyclic) bond motifs is 1. The van der Waals surface area contributed by atoms with Crippen molar-refractivity contribution in [2.24, 2.45) is 0 Å². The molecule has 2 N–H and O–H groups in total. The summed E-state index contributed by atoms with van der Waals surface area (Å²) in [4.78, 5) is 30.9. The van der Waals surface area contributed by atoms with Gasteiger partial charge in [0, 0.05) is 12.5 Å². The van der Waals surface area contributed by atoms with Gasteiger partial charge in [-0.25, -0.2) is 0 Å². The van der Waals surface area contributed by atoms with Crippen molar-refractivity contribution < 1.29 is 4.79 Å². The van der Waals surface area contributed by atoms with Gasteiger partial charge in [-0.15, -0.1) is 16.4 Å². The normalized spacial score (nSPS) is 10.8. The van der Waals surface area contributed by atoms with E-state index in [9.17, 15) is 9.59 Å². The van der Waals surface area contributed by atoms with Crippen LogP contribution in [0.3, 0.4) is 0 Å². The molecule has 0 saturated heterocycles.